The normalized spacial score (nSPS) is 18.0. The molecule has 3 aromatic rings. The van der Waals surface area contributed by atoms with Gasteiger partial charge in [-0.15, -0.1) is 0 Å². The molecule has 0 spiro atoms. The van der Waals surface area contributed by atoms with Crippen molar-refractivity contribution >= 4 is 22.6 Å². The van der Waals surface area contributed by atoms with Gasteiger partial charge in [-0.2, -0.15) is 0 Å². The Bertz CT molecular complexity index is 1220. The molecule has 3 heterocycles. The highest BCUT2D eigenvalue weighted by atomic mass is 32.1. The first-order valence-corrected chi connectivity index (χ1v) is 11.0. The van der Waals surface area contributed by atoms with E-state index in [9.17, 15) is 5.11 Å². The molecular weight excluding hydrogens is 410 g/mol. The third-order valence-electron chi connectivity index (χ3n) is 5.81. The average molecular weight is 436 g/mol. The molecule has 2 aliphatic heterocycles. The van der Waals surface area contributed by atoms with Crippen LogP contribution in [0, 0.1) is 0 Å². The minimum atomic E-state index is -0.299. The third-order valence-corrected chi connectivity index (χ3v) is 6.90. The summed E-state index contributed by atoms with van der Waals surface area (Å²) in [5.74, 6) is 1.20. The molecule has 31 heavy (non-hydrogen) atoms. The second-order valence-corrected chi connectivity index (χ2v) is 9.55. The number of anilines is 1. The molecular formula is C25H25NO4S. The number of thiophene rings is 1. The van der Waals surface area contributed by atoms with Gasteiger partial charge in [-0.05, 0) is 62.2 Å². The molecule has 0 radical (unpaired) electrons. The molecule has 6 heteroatoms. The zero-order valence-corrected chi connectivity index (χ0v) is 19.0. The van der Waals surface area contributed by atoms with Crippen LogP contribution in [0.1, 0.15) is 42.9 Å². The van der Waals surface area contributed by atoms with Crippen LogP contribution in [-0.2, 0) is 0 Å². The predicted octanol–water partition coefficient (Wildman–Crippen LogP) is 6.23. The van der Waals surface area contributed by atoms with Crippen LogP contribution >= 0.6 is 11.3 Å². The second kappa shape index (κ2) is 6.95. The number of phenols is 1. The summed E-state index contributed by atoms with van der Waals surface area (Å²) in [5, 5.41) is 14.9. The minimum Gasteiger partial charge on any atom is -0.504 e. The smallest absolute Gasteiger partial charge is 0.173 e. The number of hydrogen-bond donors (Lipinski definition) is 2. The van der Waals surface area contributed by atoms with Crippen molar-refractivity contribution in [1.29, 1.82) is 0 Å². The number of aromatic hydroxyl groups is 1. The van der Waals surface area contributed by atoms with Gasteiger partial charge in [0.2, 0.25) is 0 Å². The highest BCUT2D eigenvalue weighted by molar-refractivity contribution is 7.13. The summed E-state index contributed by atoms with van der Waals surface area (Å²) in [6.07, 6.45) is 1.95. The standard InChI is InChI=1S/C25H25NO4S/c1-13-12-25(2,3)26-15-7-6-14-21-17(9-8-16(27)23(21)29-5)30-24(22(14)20(13)15)18-10-11-19(28-4)31-18/h6-12,24,26-27H,1-5H3. The highest BCUT2D eigenvalue weighted by Crippen LogP contribution is 2.55. The van der Waals surface area contributed by atoms with Crippen LogP contribution in [0.25, 0.3) is 16.7 Å². The molecule has 0 saturated carbocycles. The van der Waals surface area contributed by atoms with Crippen LogP contribution in [-0.4, -0.2) is 24.9 Å². The fraction of sp³-hybridized carbons (Fsp3) is 0.280. The topological polar surface area (TPSA) is 60.0 Å². The summed E-state index contributed by atoms with van der Waals surface area (Å²) in [6.45, 7) is 6.46. The Labute approximate surface area is 185 Å². The first-order chi connectivity index (χ1) is 14.8. The number of rotatable bonds is 3. The molecule has 0 bridgehead atoms. The number of benzene rings is 2. The Hall–Kier alpha value is -3.12. The number of ether oxygens (including phenoxy) is 3. The summed E-state index contributed by atoms with van der Waals surface area (Å²) in [6, 6.07) is 11.6. The first kappa shape index (κ1) is 19.8. The van der Waals surface area contributed by atoms with E-state index in [4.69, 9.17) is 14.2 Å². The molecule has 160 valence electrons. The van der Waals surface area contributed by atoms with E-state index in [0.29, 0.717) is 11.5 Å². The molecule has 0 saturated heterocycles. The van der Waals surface area contributed by atoms with Gasteiger partial charge in [0.25, 0.3) is 0 Å². The van der Waals surface area contributed by atoms with Gasteiger partial charge in [-0.3, -0.25) is 0 Å². The Morgan fingerprint density at radius 2 is 1.84 bits per heavy atom. The van der Waals surface area contributed by atoms with Gasteiger partial charge in [-0.1, -0.05) is 23.5 Å². The van der Waals surface area contributed by atoms with Crippen molar-refractivity contribution in [2.75, 3.05) is 19.5 Å². The van der Waals surface area contributed by atoms with Gasteiger partial charge < -0.3 is 24.6 Å². The van der Waals surface area contributed by atoms with E-state index in [2.05, 4.69) is 50.4 Å². The molecule has 1 aromatic heterocycles. The molecule has 0 aliphatic carbocycles. The van der Waals surface area contributed by atoms with Crippen LogP contribution in [0.4, 0.5) is 5.69 Å². The molecule has 5 rings (SSSR count). The summed E-state index contributed by atoms with van der Waals surface area (Å²) in [5.41, 5.74) is 6.09. The van der Waals surface area contributed by atoms with Crippen LogP contribution in [0.15, 0.2) is 42.5 Å². The lowest BCUT2D eigenvalue weighted by Crippen LogP contribution is -2.32. The number of allylic oxidation sites excluding steroid dienone is 1. The zero-order chi connectivity index (χ0) is 21.9. The van der Waals surface area contributed by atoms with Crippen molar-refractivity contribution < 1.29 is 19.3 Å². The maximum absolute atomic E-state index is 10.5. The molecule has 0 amide bonds. The van der Waals surface area contributed by atoms with Crippen molar-refractivity contribution in [3.05, 3.63) is 58.5 Å². The second-order valence-electron chi connectivity index (χ2n) is 8.47. The molecule has 2 aliphatic rings. The molecule has 1 atom stereocenters. The van der Waals surface area contributed by atoms with Crippen molar-refractivity contribution in [3.8, 4) is 33.4 Å². The Kier molecular flexibility index (Phi) is 4.45. The van der Waals surface area contributed by atoms with Gasteiger partial charge in [0.15, 0.2) is 22.7 Å². The van der Waals surface area contributed by atoms with Gasteiger partial charge in [0, 0.05) is 16.8 Å². The van der Waals surface area contributed by atoms with Crippen molar-refractivity contribution in [1.82, 2.24) is 0 Å². The van der Waals surface area contributed by atoms with Crippen molar-refractivity contribution in [2.24, 2.45) is 0 Å². The van der Waals surface area contributed by atoms with Gasteiger partial charge >= 0.3 is 0 Å². The third kappa shape index (κ3) is 3.05. The highest BCUT2D eigenvalue weighted by Gasteiger charge is 2.37. The van der Waals surface area contributed by atoms with Crippen molar-refractivity contribution in [3.63, 3.8) is 0 Å². The van der Waals surface area contributed by atoms with E-state index in [1.807, 2.05) is 6.07 Å². The molecule has 5 nitrogen and oxygen atoms in total. The van der Waals surface area contributed by atoms with Gasteiger partial charge in [-0.25, -0.2) is 0 Å². The van der Waals surface area contributed by atoms with Gasteiger partial charge in [0.1, 0.15) is 5.75 Å². The average Bonchev–Trinajstić information content (AvgIpc) is 3.21. The van der Waals surface area contributed by atoms with E-state index < -0.39 is 0 Å². The van der Waals surface area contributed by atoms with Crippen molar-refractivity contribution in [2.45, 2.75) is 32.4 Å². The summed E-state index contributed by atoms with van der Waals surface area (Å²) in [4.78, 5) is 1.06. The summed E-state index contributed by atoms with van der Waals surface area (Å²) >= 11 is 1.57. The minimum absolute atomic E-state index is 0.0938. The van der Waals surface area contributed by atoms with E-state index >= 15 is 0 Å². The van der Waals surface area contributed by atoms with E-state index in [1.165, 1.54) is 5.57 Å². The molecule has 2 N–H and O–H groups in total. The monoisotopic (exact) mass is 435 g/mol. The van der Waals surface area contributed by atoms with Crippen LogP contribution < -0.4 is 19.5 Å². The van der Waals surface area contributed by atoms with Gasteiger partial charge in [0.05, 0.1) is 30.2 Å². The first-order valence-electron chi connectivity index (χ1n) is 10.2. The molecule has 0 fully saturated rings. The fourth-order valence-electron chi connectivity index (χ4n) is 4.72. The number of nitrogens with one attached hydrogen (secondary N) is 1. The SMILES string of the molecule is COc1ccc(C2Oc3ccc(O)c(OC)c3-c3ccc4c(c32)C(C)=CC(C)(C)N4)s1. The Balaban J connectivity index is 1.83. The largest absolute Gasteiger partial charge is 0.504 e. The zero-order valence-electron chi connectivity index (χ0n) is 18.2. The van der Waals surface area contributed by atoms with Crippen LogP contribution in [0.5, 0.6) is 22.3 Å². The number of fused-ring (bicyclic) bond motifs is 5. The number of phenolic OH excluding ortho intramolecular Hbond substituents is 1. The van der Waals surface area contributed by atoms with E-state index in [-0.39, 0.29) is 17.4 Å². The van der Waals surface area contributed by atoms with Crippen LogP contribution in [0.2, 0.25) is 0 Å². The fourth-order valence-corrected chi connectivity index (χ4v) is 5.58. The lowest BCUT2D eigenvalue weighted by Gasteiger charge is -2.37. The lowest BCUT2D eigenvalue weighted by molar-refractivity contribution is 0.244. The van der Waals surface area contributed by atoms with E-state index in [0.717, 1.165) is 37.9 Å². The molecule has 2 aromatic carbocycles. The maximum Gasteiger partial charge on any atom is 0.173 e. The Morgan fingerprint density at radius 1 is 1.03 bits per heavy atom. The molecule has 1 unspecified atom stereocenters. The summed E-state index contributed by atoms with van der Waals surface area (Å²) < 4.78 is 17.6. The van der Waals surface area contributed by atoms with E-state index in [1.54, 1.807) is 37.7 Å². The van der Waals surface area contributed by atoms with Crippen LogP contribution in [0.3, 0.4) is 0 Å². The summed E-state index contributed by atoms with van der Waals surface area (Å²) in [7, 11) is 3.24. The number of hydrogen-bond acceptors (Lipinski definition) is 6. The lowest BCUT2D eigenvalue weighted by atomic mass is 9.81. The quantitative estimate of drug-likeness (QED) is 0.511. The number of methoxy groups -OCH3 is 2. The predicted molar refractivity (Wildman–Crippen MR) is 125 cm³/mol. The Morgan fingerprint density at radius 3 is 2.55 bits per heavy atom. The maximum atomic E-state index is 10.5.